The van der Waals surface area contributed by atoms with E-state index >= 15 is 0 Å². The van der Waals surface area contributed by atoms with Crippen molar-refractivity contribution in [2.75, 3.05) is 26.2 Å². The Morgan fingerprint density at radius 1 is 0.524 bits per heavy atom. The number of likely N-dealkylation sites (tertiary alicyclic amines) is 2. The Kier molecular flexibility index (Phi) is 5.65. The van der Waals surface area contributed by atoms with E-state index in [9.17, 15) is 0 Å². The van der Waals surface area contributed by atoms with Crippen LogP contribution in [-0.4, -0.2) is 36.0 Å². The van der Waals surface area contributed by atoms with E-state index in [1.165, 1.54) is 96.8 Å². The molecule has 2 heteroatoms. The van der Waals surface area contributed by atoms with Gasteiger partial charge in [-0.3, -0.25) is 0 Å². The van der Waals surface area contributed by atoms with Crippen molar-refractivity contribution in [1.82, 2.24) is 9.80 Å². The molecule has 4 aliphatic rings. The summed E-state index contributed by atoms with van der Waals surface area (Å²) in [5.74, 6) is 0. The molecule has 0 aromatic heterocycles. The maximum absolute atomic E-state index is 2.58. The second-order valence-electron chi connectivity index (χ2n) is 6.92. The van der Waals surface area contributed by atoms with Crippen molar-refractivity contribution in [2.24, 2.45) is 0 Å². The monoisotopic (exact) mass is 288 g/mol. The van der Waals surface area contributed by atoms with Gasteiger partial charge in [0.05, 0.1) is 0 Å². The Morgan fingerprint density at radius 3 is 1.43 bits per heavy atom. The number of allylic oxidation sites excluding steroid dienone is 4. The van der Waals surface area contributed by atoms with Crippen LogP contribution in [0, 0.1) is 0 Å². The predicted molar refractivity (Wildman–Crippen MR) is 90.1 cm³/mol. The summed E-state index contributed by atoms with van der Waals surface area (Å²) in [6.07, 6.45) is 20.1. The third kappa shape index (κ3) is 4.28. The highest BCUT2D eigenvalue weighted by molar-refractivity contribution is 5.07. The van der Waals surface area contributed by atoms with Crippen molar-refractivity contribution < 1.29 is 0 Å². The first-order chi connectivity index (χ1) is 10.4. The molecular weight excluding hydrogens is 256 g/mol. The minimum Gasteiger partial charge on any atom is -0.375 e. The van der Waals surface area contributed by atoms with Gasteiger partial charge < -0.3 is 9.80 Å². The molecule has 0 aromatic rings. The van der Waals surface area contributed by atoms with Crippen LogP contribution in [0.5, 0.6) is 0 Å². The molecule has 0 radical (unpaired) electrons. The summed E-state index contributed by atoms with van der Waals surface area (Å²) in [5.41, 5.74) is 3.28. The highest BCUT2D eigenvalue weighted by Gasteiger charge is 2.16. The van der Waals surface area contributed by atoms with E-state index in [1.54, 1.807) is 11.4 Å². The molecule has 2 heterocycles. The number of hydrogen-bond acceptors (Lipinski definition) is 2. The Balaban J connectivity index is 0.000000126. The standard InChI is InChI=1S/C10H17N.C9H15N/c1-2-6-10(7-3-1)11-8-4-5-9-11;1-2-6-9(5-1)10-7-3-4-8-10/h6H,1-5,7-9H2;5H,1-4,6-8H2. The Labute approximate surface area is 130 Å². The molecule has 2 saturated heterocycles. The van der Waals surface area contributed by atoms with Gasteiger partial charge in [-0.1, -0.05) is 12.2 Å². The summed E-state index contributed by atoms with van der Waals surface area (Å²) in [6, 6.07) is 0. The lowest BCUT2D eigenvalue weighted by atomic mass is 10.0. The van der Waals surface area contributed by atoms with Crippen molar-refractivity contribution >= 4 is 0 Å². The van der Waals surface area contributed by atoms with E-state index in [2.05, 4.69) is 22.0 Å². The van der Waals surface area contributed by atoms with Crippen LogP contribution in [0.4, 0.5) is 0 Å². The second kappa shape index (κ2) is 7.91. The zero-order valence-corrected chi connectivity index (χ0v) is 13.7. The van der Waals surface area contributed by atoms with Crippen LogP contribution in [0.25, 0.3) is 0 Å². The summed E-state index contributed by atoms with van der Waals surface area (Å²) in [6.45, 7) is 5.30. The van der Waals surface area contributed by atoms with Gasteiger partial charge in [0.15, 0.2) is 0 Å². The van der Waals surface area contributed by atoms with E-state index in [1.807, 2.05) is 0 Å². The molecule has 118 valence electrons. The molecule has 4 rings (SSSR count). The van der Waals surface area contributed by atoms with Crippen LogP contribution >= 0.6 is 0 Å². The average molecular weight is 288 g/mol. The molecule has 0 spiro atoms. The highest BCUT2D eigenvalue weighted by atomic mass is 15.2. The normalized spacial score (nSPS) is 25.5. The van der Waals surface area contributed by atoms with Crippen LogP contribution in [-0.2, 0) is 0 Å². The molecule has 21 heavy (non-hydrogen) atoms. The molecule has 0 unspecified atom stereocenters. The van der Waals surface area contributed by atoms with E-state index in [0.717, 1.165) is 0 Å². The Morgan fingerprint density at radius 2 is 1.00 bits per heavy atom. The zero-order chi connectivity index (χ0) is 14.3. The summed E-state index contributed by atoms with van der Waals surface area (Å²) in [4.78, 5) is 5.14. The first-order valence-corrected chi connectivity index (χ1v) is 9.31. The Bertz CT molecular complexity index is 371. The summed E-state index contributed by atoms with van der Waals surface area (Å²) >= 11 is 0. The van der Waals surface area contributed by atoms with Gasteiger partial charge in [-0.2, -0.15) is 0 Å². The van der Waals surface area contributed by atoms with Gasteiger partial charge in [0.25, 0.3) is 0 Å². The zero-order valence-electron chi connectivity index (χ0n) is 13.7. The summed E-state index contributed by atoms with van der Waals surface area (Å²) in [7, 11) is 0. The van der Waals surface area contributed by atoms with Gasteiger partial charge in [0.1, 0.15) is 0 Å². The molecule has 0 saturated carbocycles. The van der Waals surface area contributed by atoms with E-state index < -0.39 is 0 Å². The maximum atomic E-state index is 2.58. The number of nitrogens with zero attached hydrogens (tertiary/aromatic N) is 2. The lowest BCUT2D eigenvalue weighted by Gasteiger charge is -2.24. The topological polar surface area (TPSA) is 6.48 Å². The van der Waals surface area contributed by atoms with E-state index in [-0.39, 0.29) is 0 Å². The third-order valence-electron chi connectivity index (χ3n) is 5.31. The van der Waals surface area contributed by atoms with Crippen LogP contribution in [0.1, 0.15) is 70.6 Å². The first-order valence-electron chi connectivity index (χ1n) is 9.31. The Hall–Kier alpha value is -0.920. The average Bonchev–Trinajstić information content (AvgIpc) is 3.29. The first kappa shape index (κ1) is 15.0. The van der Waals surface area contributed by atoms with Crippen LogP contribution in [0.15, 0.2) is 23.5 Å². The smallest absolute Gasteiger partial charge is 0.0175 e. The molecule has 0 N–H and O–H groups in total. The van der Waals surface area contributed by atoms with E-state index in [0.29, 0.717) is 0 Å². The predicted octanol–water partition coefficient (Wildman–Crippen LogP) is 4.69. The quantitative estimate of drug-likeness (QED) is 0.727. The summed E-state index contributed by atoms with van der Waals surface area (Å²) in [5, 5.41) is 0. The van der Waals surface area contributed by atoms with E-state index in [4.69, 9.17) is 0 Å². The van der Waals surface area contributed by atoms with Gasteiger partial charge in [-0.15, -0.1) is 0 Å². The second-order valence-corrected chi connectivity index (χ2v) is 6.92. The number of rotatable bonds is 2. The molecule has 2 aliphatic carbocycles. The van der Waals surface area contributed by atoms with Crippen LogP contribution in [0.2, 0.25) is 0 Å². The largest absolute Gasteiger partial charge is 0.375 e. The van der Waals surface area contributed by atoms with Crippen molar-refractivity contribution in [3.63, 3.8) is 0 Å². The minimum atomic E-state index is 1.33. The SMILES string of the molecule is C1=C(N2CCCC2)CCC1.C1=C(N2CCCC2)CCCC1. The molecule has 2 aliphatic heterocycles. The van der Waals surface area contributed by atoms with Gasteiger partial charge in [0, 0.05) is 37.6 Å². The molecule has 0 aromatic carbocycles. The molecular formula is C19H32N2. The van der Waals surface area contributed by atoms with Crippen LogP contribution in [0.3, 0.4) is 0 Å². The fourth-order valence-electron chi connectivity index (χ4n) is 4.06. The van der Waals surface area contributed by atoms with Crippen molar-refractivity contribution in [3.05, 3.63) is 23.5 Å². The fraction of sp³-hybridized carbons (Fsp3) is 0.789. The van der Waals surface area contributed by atoms with Gasteiger partial charge >= 0.3 is 0 Å². The molecule has 0 amide bonds. The van der Waals surface area contributed by atoms with Crippen molar-refractivity contribution in [2.45, 2.75) is 70.6 Å². The van der Waals surface area contributed by atoms with Crippen molar-refractivity contribution in [1.29, 1.82) is 0 Å². The minimum absolute atomic E-state index is 1.33. The van der Waals surface area contributed by atoms with Gasteiger partial charge in [0.2, 0.25) is 0 Å². The van der Waals surface area contributed by atoms with Gasteiger partial charge in [-0.05, 0) is 70.6 Å². The molecule has 0 bridgehead atoms. The lowest BCUT2D eigenvalue weighted by Crippen LogP contribution is -2.19. The molecule has 2 nitrogen and oxygen atoms in total. The lowest BCUT2D eigenvalue weighted by molar-refractivity contribution is 0.392. The van der Waals surface area contributed by atoms with Crippen molar-refractivity contribution in [3.8, 4) is 0 Å². The molecule has 0 atom stereocenters. The molecule has 2 fully saturated rings. The summed E-state index contributed by atoms with van der Waals surface area (Å²) < 4.78 is 0. The highest BCUT2D eigenvalue weighted by Crippen LogP contribution is 2.25. The fourth-order valence-corrected chi connectivity index (χ4v) is 4.06. The van der Waals surface area contributed by atoms with Crippen LogP contribution < -0.4 is 0 Å². The van der Waals surface area contributed by atoms with Gasteiger partial charge in [-0.25, -0.2) is 0 Å². The maximum Gasteiger partial charge on any atom is 0.0175 e. The number of hydrogen-bond donors (Lipinski definition) is 0. The third-order valence-corrected chi connectivity index (χ3v) is 5.31.